The Bertz CT molecular complexity index is 703. The molecule has 5 nitrogen and oxygen atoms in total. The van der Waals surface area contributed by atoms with Gasteiger partial charge >= 0.3 is 0 Å². The summed E-state index contributed by atoms with van der Waals surface area (Å²) in [6.07, 6.45) is 0.190. The third kappa shape index (κ3) is 4.29. The van der Waals surface area contributed by atoms with Gasteiger partial charge in [-0.2, -0.15) is 0 Å². The molecule has 23 heavy (non-hydrogen) atoms. The number of halogens is 1. The largest absolute Gasteiger partial charge is 0.495 e. The number of ether oxygens (including phenoxy) is 3. The molecule has 0 aliphatic rings. The van der Waals surface area contributed by atoms with Crippen molar-refractivity contribution in [2.24, 2.45) is 0 Å². The summed E-state index contributed by atoms with van der Waals surface area (Å²) >= 11 is 5.95. The second-order valence-electron chi connectivity index (χ2n) is 4.76. The number of methoxy groups -OCH3 is 3. The fourth-order valence-corrected chi connectivity index (χ4v) is 2.32. The third-order valence-electron chi connectivity index (χ3n) is 3.25. The minimum atomic E-state index is -0.183. The van der Waals surface area contributed by atoms with E-state index in [4.69, 9.17) is 25.8 Å². The minimum absolute atomic E-state index is 0.183. The number of anilines is 1. The smallest absolute Gasteiger partial charge is 0.228 e. The zero-order chi connectivity index (χ0) is 16.8. The first-order valence-electron chi connectivity index (χ1n) is 6.91. The highest BCUT2D eigenvalue weighted by molar-refractivity contribution is 6.31. The Kier molecular flexibility index (Phi) is 5.71. The van der Waals surface area contributed by atoms with Gasteiger partial charge in [-0.25, -0.2) is 0 Å². The standard InChI is InChI=1S/C17H18ClNO4/c1-21-14-7-5-12(18)10-13(14)19-17(20)9-11-4-6-15(22-2)16(8-11)23-3/h4-8,10H,9H2,1-3H3,(H,19,20). The second-order valence-corrected chi connectivity index (χ2v) is 5.20. The van der Waals surface area contributed by atoms with Crippen molar-refractivity contribution in [1.82, 2.24) is 0 Å². The Morgan fingerprint density at radius 3 is 2.26 bits per heavy atom. The number of amides is 1. The van der Waals surface area contributed by atoms with Gasteiger partial charge in [0.2, 0.25) is 5.91 Å². The second kappa shape index (κ2) is 7.74. The van der Waals surface area contributed by atoms with Gasteiger partial charge in [0.25, 0.3) is 0 Å². The van der Waals surface area contributed by atoms with Crippen molar-refractivity contribution in [2.45, 2.75) is 6.42 Å². The van der Waals surface area contributed by atoms with Gasteiger partial charge in [0, 0.05) is 5.02 Å². The molecule has 0 radical (unpaired) electrons. The number of carbonyl (C=O) groups excluding carboxylic acids is 1. The monoisotopic (exact) mass is 335 g/mol. The van der Waals surface area contributed by atoms with E-state index in [0.29, 0.717) is 28.0 Å². The quantitative estimate of drug-likeness (QED) is 0.877. The van der Waals surface area contributed by atoms with Crippen LogP contribution in [0.4, 0.5) is 5.69 Å². The lowest BCUT2D eigenvalue weighted by molar-refractivity contribution is -0.115. The summed E-state index contributed by atoms with van der Waals surface area (Å²) in [5.41, 5.74) is 1.34. The lowest BCUT2D eigenvalue weighted by atomic mass is 10.1. The van der Waals surface area contributed by atoms with E-state index in [2.05, 4.69) is 5.32 Å². The summed E-state index contributed by atoms with van der Waals surface area (Å²) in [5.74, 6) is 1.57. The molecule has 6 heteroatoms. The Morgan fingerprint density at radius 1 is 0.957 bits per heavy atom. The molecule has 2 aromatic rings. The van der Waals surface area contributed by atoms with Crippen molar-refractivity contribution < 1.29 is 19.0 Å². The summed E-state index contributed by atoms with van der Waals surface area (Å²) in [4.78, 5) is 12.2. The van der Waals surface area contributed by atoms with E-state index >= 15 is 0 Å². The number of carbonyl (C=O) groups is 1. The van der Waals surface area contributed by atoms with Crippen LogP contribution in [0.5, 0.6) is 17.2 Å². The van der Waals surface area contributed by atoms with Gasteiger partial charge in [-0.1, -0.05) is 17.7 Å². The van der Waals surface area contributed by atoms with E-state index in [9.17, 15) is 4.79 Å². The van der Waals surface area contributed by atoms with Crippen LogP contribution in [0.15, 0.2) is 36.4 Å². The highest BCUT2D eigenvalue weighted by atomic mass is 35.5. The molecule has 2 rings (SSSR count). The maximum absolute atomic E-state index is 12.2. The maximum atomic E-state index is 12.2. The first-order chi connectivity index (χ1) is 11.1. The van der Waals surface area contributed by atoms with Crippen LogP contribution in [0, 0.1) is 0 Å². The topological polar surface area (TPSA) is 56.8 Å². The molecule has 0 aliphatic heterocycles. The number of hydrogen-bond donors (Lipinski definition) is 1. The van der Waals surface area contributed by atoms with Gasteiger partial charge < -0.3 is 19.5 Å². The van der Waals surface area contributed by atoms with Crippen LogP contribution in [0.1, 0.15) is 5.56 Å². The molecule has 0 saturated carbocycles. The zero-order valence-corrected chi connectivity index (χ0v) is 13.9. The SMILES string of the molecule is COc1ccc(Cl)cc1NC(=O)Cc1ccc(OC)c(OC)c1. The van der Waals surface area contributed by atoms with Crippen LogP contribution in [-0.4, -0.2) is 27.2 Å². The summed E-state index contributed by atoms with van der Waals surface area (Å²) < 4.78 is 15.6. The van der Waals surface area contributed by atoms with E-state index in [1.165, 1.54) is 7.11 Å². The van der Waals surface area contributed by atoms with Crippen LogP contribution >= 0.6 is 11.6 Å². The van der Waals surface area contributed by atoms with Gasteiger partial charge in [0.05, 0.1) is 33.4 Å². The number of rotatable bonds is 6. The molecule has 1 amide bonds. The molecule has 122 valence electrons. The maximum Gasteiger partial charge on any atom is 0.228 e. The van der Waals surface area contributed by atoms with Crippen molar-refractivity contribution in [3.05, 3.63) is 47.0 Å². The van der Waals surface area contributed by atoms with Crippen LogP contribution in [0.2, 0.25) is 5.02 Å². The molecular weight excluding hydrogens is 318 g/mol. The average Bonchev–Trinajstić information content (AvgIpc) is 2.54. The Hall–Kier alpha value is -2.40. The van der Waals surface area contributed by atoms with E-state index in [0.717, 1.165) is 5.56 Å². The summed E-state index contributed by atoms with van der Waals surface area (Å²) in [6, 6.07) is 10.4. The molecule has 0 aromatic heterocycles. The van der Waals surface area contributed by atoms with Crippen LogP contribution in [0.25, 0.3) is 0 Å². The first kappa shape index (κ1) is 17.0. The molecule has 0 spiro atoms. The van der Waals surface area contributed by atoms with Gasteiger partial charge in [-0.15, -0.1) is 0 Å². The van der Waals surface area contributed by atoms with E-state index < -0.39 is 0 Å². The van der Waals surface area contributed by atoms with Gasteiger partial charge in [-0.05, 0) is 35.9 Å². The number of nitrogens with one attached hydrogen (secondary N) is 1. The van der Waals surface area contributed by atoms with Crippen molar-refractivity contribution in [3.63, 3.8) is 0 Å². The van der Waals surface area contributed by atoms with Crippen molar-refractivity contribution in [1.29, 1.82) is 0 Å². The first-order valence-corrected chi connectivity index (χ1v) is 7.29. The van der Waals surface area contributed by atoms with Gasteiger partial charge in [-0.3, -0.25) is 4.79 Å². The molecule has 0 atom stereocenters. The molecule has 0 unspecified atom stereocenters. The molecule has 0 bridgehead atoms. The lowest BCUT2D eigenvalue weighted by Crippen LogP contribution is -2.15. The molecule has 0 saturated heterocycles. The van der Waals surface area contributed by atoms with Gasteiger partial charge in [0.1, 0.15) is 5.75 Å². The lowest BCUT2D eigenvalue weighted by Gasteiger charge is -2.12. The summed E-state index contributed by atoms with van der Waals surface area (Å²) in [5, 5.41) is 3.32. The van der Waals surface area contributed by atoms with Gasteiger partial charge in [0.15, 0.2) is 11.5 Å². The number of hydrogen-bond acceptors (Lipinski definition) is 4. The van der Waals surface area contributed by atoms with Crippen LogP contribution in [-0.2, 0) is 11.2 Å². The zero-order valence-electron chi connectivity index (χ0n) is 13.2. The normalized spacial score (nSPS) is 10.1. The fraction of sp³-hybridized carbons (Fsp3) is 0.235. The van der Waals surface area contributed by atoms with E-state index in [-0.39, 0.29) is 12.3 Å². The van der Waals surface area contributed by atoms with Crippen LogP contribution in [0.3, 0.4) is 0 Å². The highest BCUT2D eigenvalue weighted by Crippen LogP contribution is 2.29. The fourth-order valence-electron chi connectivity index (χ4n) is 2.15. The Morgan fingerprint density at radius 2 is 1.61 bits per heavy atom. The molecule has 1 N–H and O–H groups in total. The number of benzene rings is 2. The average molecular weight is 336 g/mol. The summed E-state index contributed by atoms with van der Waals surface area (Å²) in [6.45, 7) is 0. The molecular formula is C17H18ClNO4. The Balaban J connectivity index is 2.12. The van der Waals surface area contributed by atoms with Crippen molar-refractivity contribution in [2.75, 3.05) is 26.6 Å². The predicted octanol–water partition coefficient (Wildman–Crippen LogP) is 3.55. The van der Waals surface area contributed by atoms with Crippen molar-refractivity contribution >= 4 is 23.2 Å². The third-order valence-corrected chi connectivity index (χ3v) is 3.48. The summed E-state index contributed by atoms with van der Waals surface area (Å²) in [7, 11) is 4.65. The predicted molar refractivity (Wildman–Crippen MR) is 89.9 cm³/mol. The molecule has 0 fully saturated rings. The van der Waals surface area contributed by atoms with Crippen molar-refractivity contribution in [3.8, 4) is 17.2 Å². The molecule has 0 heterocycles. The minimum Gasteiger partial charge on any atom is -0.495 e. The van der Waals surface area contributed by atoms with Crippen LogP contribution < -0.4 is 19.5 Å². The Labute approximate surface area is 140 Å². The highest BCUT2D eigenvalue weighted by Gasteiger charge is 2.11. The molecule has 2 aromatic carbocycles. The van der Waals surface area contributed by atoms with E-state index in [1.807, 2.05) is 6.07 Å². The van der Waals surface area contributed by atoms with E-state index in [1.54, 1.807) is 44.6 Å². The molecule has 0 aliphatic carbocycles.